The zero-order chi connectivity index (χ0) is 13.6. The summed E-state index contributed by atoms with van der Waals surface area (Å²) < 4.78 is 9.90. The summed E-state index contributed by atoms with van der Waals surface area (Å²) >= 11 is 0. The Hall–Kier alpha value is -1.56. The van der Waals surface area contributed by atoms with Crippen molar-refractivity contribution < 1.29 is 19.2 Å². The number of nitrogens with one attached hydrogen (secondary N) is 1. The van der Waals surface area contributed by atoms with E-state index in [0.29, 0.717) is 25.1 Å². The Labute approximate surface area is 106 Å². The standard InChI is InChI=1S/C12H20N2O4/c1-12(2,3)17-11(16)13-7-4-5-9(15)10-6-8-14-18-10/h6,8-9,15H,4-5,7H2,1-3H3,(H,13,16). The normalized spacial score (nSPS) is 13.1. The number of amides is 1. The van der Waals surface area contributed by atoms with Crippen LogP contribution in [0.1, 0.15) is 45.5 Å². The second-order valence-corrected chi connectivity index (χ2v) is 5.00. The average Bonchev–Trinajstić information content (AvgIpc) is 2.74. The fourth-order valence-corrected chi connectivity index (χ4v) is 1.34. The van der Waals surface area contributed by atoms with Crippen molar-refractivity contribution >= 4 is 6.09 Å². The molecule has 102 valence electrons. The zero-order valence-corrected chi connectivity index (χ0v) is 11.0. The highest BCUT2D eigenvalue weighted by atomic mass is 16.6. The van der Waals surface area contributed by atoms with Crippen molar-refractivity contribution in [2.24, 2.45) is 0 Å². The minimum absolute atomic E-state index is 0.437. The van der Waals surface area contributed by atoms with E-state index >= 15 is 0 Å². The van der Waals surface area contributed by atoms with Gasteiger partial charge in [-0.15, -0.1) is 0 Å². The van der Waals surface area contributed by atoms with Gasteiger partial charge in [0.2, 0.25) is 0 Å². The number of rotatable bonds is 5. The SMILES string of the molecule is CC(C)(C)OC(=O)NCCCC(O)c1ccno1. The van der Waals surface area contributed by atoms with Gasteiger partial charge in [-0.05, 0) is 33.6 Å². The molecule has 0 bridgehead atoms. The fraction of sp³-hybridized carbons (Fsp3) is 0.667. The first-order valence-electron chi connectivity index (χ1n) is 5.94. The van der Waals surface area contributed by atoms with Crippen LogP contribution in [-0.2, 0) is 4.74 Å². The van der Waals surface area contributed by atoms with Crippen molar-refractivity contribution in [3.05, 3.63) is 18.0 Å². The van der Waals surface area contributed by atoms with Crippen LogP contribution in [-0.4, -0.2) is 28.5 Å². The quantitative estimate of drug-likeness (QED) is 0.787. The molecule has 1 heterocycles. The highest BCUT2D eigenvalue weighted by Crippen LogP contribution is 2.16. The number of hydrogen-bond donors (Lipinski definition) is 2. The van der Waals surface area contributed by atoms with Crippen LogP contribution >= 0.6 is 0 Å². The van der Waals surface area contributed by atoms with Crippen LogP contribution in [0.5, 0.6) is 0 Å². The lowest BCUT2D eigenvalue weighted by atomic mass is 10.1. The number of nitrogens with zero attached hydrogens (tertiary/aromatic N) is 1. The number of aromatic nitrogens is 1. The van der Waals surface area contributed by atoms with Gasteiger partial charge in [0, 0.05) is 12.6 Å². The summed E-state index contributed by atoms with van der Waals surface area (Å²) in [6.07, 6.45) is 1.47. The Morgan fingerprint density at radius 3 is 2.89 bits per heavy atom. The molecule has 1 atom stereocenters. The number of ether oxygens (including phenoxy) is 1. The van der Waals surface area contributed by atoms with Gasteiger partial charge in [0.05, 0.1) is 6.20 Å². The molecule has 2 N–H and O–H groups in total. The molecule has 1 rings (SSSR count). The van der Waals surface area contributed by atoms with E-state index in [2.05, 4.69) is 10.5 Å². The van der Waals surface area contributed by atoms with Crippen molar-refractivity contribution in [1.82, 2.24) is 10.5 Å². The van der Waals surface area contributed by atoms with E-state index in [0.717, 1.165) is 0 Å². The molecule has 0 spiro atoms. The molecule has 0 saturated heterocycles. The molecule has 0 radical (unpaired) electrons. The number of aliphatic hydroxyl groups excluding tert-OH is 1. The smallest absolute Gasteiger partial charge is 0.407 e. The molecule has 6 nitrogen and oxygen atoms in total. The topological polar surface area (TPSA) is 84.6 Å². The molecule has 0 fully saturated rings. The van der Waals surface area contributed by atoms with Gasteiger partial charge < -0.3 is 19.7 Å². The molecular formula is C12H20N2O4. The van der Waals surface area contributed by atoms with E-state index in [4.69, 9.17) is 9.26 Å². The Morgan fingerprint density at radius 2 is 2.33 bits per heavy atom. The molecular weight excluding hydrogens is 236 g/mol. The third-order valence-electron chi connectivity index (χ3n) is 2.11. The molecule has 0 aliphatic carbocycles. The summed E-state index contributed by atoms with van der Waals surface area (Å²) in [6.45, 7) is 5.86. The fourth-order valence-electron chi connectivity index (χ4n) is 1.34. The largest absolute Gasteiger partial charge is 0.444 e. The lowest BCUT2D eigenvalue weighted by Gasteiger charge is -2.19. The molecule has 0 saturated carbocycles. The Kier molecular flexibility index (Phi) is 5.15. The first kappa shape index (κ1) is 14.5. The third kappa shape index (κ3) is 5.67. The highest BCUT2D eigenvalue weighted by molar-refractivity contribution is 5.67. The van der Waals surface area contributed by atoms with Crippen molar-refractivity contribution in [2.75, 3.05) is 6.54 Å². The van der Waals surface area contributed by atoms with Crippen molar-refractivity contribution in [1.29, 1.82) is 0 Å². The summed E-state index contributed by atoms with van der Waals surface area (Å²) in [7, 11) is 0. The molecule has 1 aromatic rings. The molecule has 18 heavy (non-hydrogen) atoms. The Morgan fingerprint density at radius 1 is 1.61 bits per heavy atom. The van der Waals surface area contributed by atoms with E-state index in [1.165, 1.54) is 6.20 Å². The molecule has 1 unspecified atom stereocenters. The minimum atomic E-state index is -0.687. The summed E-state index contributed by atoms with van der Waals surface area (Å²) in [5.41, 5.74) is -0.497. The predicted octanol–water partition coefficient (Wildman–Crippen LogP) is 2.01. The van der Waals surface area contributed by atoms with Crippen LogP contribution in [0.25, 0.3) is 0 Å². The Balaban J connectivity index is 2.14. The summed E-state index contributed by atoms with van der Waals surface area (Å²) in [4.78, 5) is 11.3. The molecule has 1 aromatic heterocycles. The first-order chi connectivity index (χ1) is 8.38. The van der Waals surface area contributed by atoms with Crippen molar-refractivity contribution in [3.8, 4) is 0 Å². The number of carbonyl (C=O) groups is 1. The molecule has 0 aliphatic heterocycles. The van der Waals surface area contributed by atoms with Gasteiger partial charge in [-0.25, -0.2) is 4.79 Å². The average molecular weight is 256 g/mol. The van der Waals surface area contributed by atoms with E-state index in [1.807, 2.05) is 0 Å². The van der Waals surface area contributed by atoms with Crippen LogP contribution in [0.4, 0.5) is 4.79 Å². The van der Waals surface area contributed by atoms with E-state index in [-0.39, 0.29) is 0 Å². The van der Waals surface area contributed by atoms with Gasteiger partial charge in [0.1, 0.15) is 11.7 Å². The van der Waals surface area contributed by atoms with Crippen LogP contribution in [0, 0.1) is 0 Å². The molecule has 0 aliphatic rings. The lowest BCUT2D eigenvalue weighted by Crippen LogP contribution is -2.33. The predicted molar refractivity (Wildman–Crippen MR) is 64.9 cm³/mol. The maximum absolute atomic E-state index is 11.3. The third-order valence-corrected chi connectivity index (χ3v) is 2.11. The maximum Gasteiger partial charge on any atom is 0.407 e. The molecule has 6 heteroatoms. The zero-order valence-electron chi connectivity index (χ0n) is 11.0. The van der Waals surface area contributed by atoms with E-state index < -0.39 is 17.8 Å². The lowest BCUT2D eigenvalue weighted by molar-refractivity contribution is 0.0522. The number of alkyl carbamates (subject to hydrolysis) is 1. The second kappa shape index (κ2) is 6.39. The van der Waals surface area contributed by atoms with E-state index in [9.17, 15) is 9.90 Å². The Bertz CT molecular complexity index is 357. The van der Waals surface area contributed by atoms with Gasteiger partial charge in [0.25, 0.3) is 0 Å². The van der Waals surface area contributed by atoms with Crippen LogP contribution in [0.2, 0.25) is 0 Å². The summed E-state index contributed by atoms with van der Waals surface area (Å²) in [6, 6.07) is 1.62. The van der Waals surface area contributed by atoms with Crippen LogP contribution in [0.15, 0.2) is 16.8 Å². The van der Waals surface area contributed by atoms with Crippen LogP contribution < -0.4 is 5.32 Å². The molecule has 0 aromatic carbocycles. The summed E-state index contributed by atoms with van der Waals surface area (Å²) in [5, 5.41) is 15.8. The van der Waals surface area contributed by atoms with Gasteiger partial charge >= 0.3 is 6.09 Å². The van der Waals surface area contributed by atoms with Crippen LogP contribution in [0.3, 0.4) is 0 Å². The van der Waals surface area contributed by atoms with Gasteiger partial charge in [-0.1, -0.05) is 5.16 Å². The summed E-state index contributed by atoms with van der Waals surface area (Å²) in [5.74, 6) is 0.437. The number of hydrogen-bond acceptors (Lipinski definition) is 5. The van der Waals surface area contributed by atoms with E-state index in [1.54, 1.807) is 26.8 Å². The maximum atomic E-state index is 11.3. The van der Waals surface area contributed by atoms with Crippen molar-refractivity contribution in [2.45, 2.75) is 45.3 Å². The van der Waals surface area contributed by atoms with Gasteiger partial charge in [-0.2, -0.15) is 0 Å². The van der Waals surface area contributed by atoms with Crippen molar-refractivity contribution in [3.63, 3.8) is 0 Å². The highest BCUT2D eigenvalue weighted by Gasteiger charge is 2.16. The van der Waals surface area contributed by atoms with Gasteiger partial charge in [0.15, 0.2) is 5.76 Å². The monoisotopic (exact) mass is 256 g/mol. The second-order valence-electron chi connectivity index (χ2n) is 5.00. The number of carbonyl (C=O) groups excluding carboxylic acids is 1. The van der Waals surface area contributed by atoms with Gasteiger partial charge in [-0.3, -0.25) is 0 Å². The first-order valence-corrected chi connectivity index (χ1v) is 5.94. The number of aliphatic hydroxyl groups is 1. The minimum Gasteiger partial charge on any atom is -0.444 e. The molecule has 1 amide bonds.